The summed E-state index contributed by atoms with van der Waals surface area (Å²) in [5.74, 6) is 0.0972. The van der Waals surface area contributed by atoms with Gasteiger partial charge in [-0.1, -0.05) is 5.16 Å². The van der Waals surface area contributed by atoms with E-state index in [1.165, 1.54) is 0 Å². The summed E-state index contributed by atoms with van der Waals surface area (Å²) in [7, 11) is 0. The highest BCUT2D eigenvalue weighted by molar-refractivity contribution is 5.83. The molecule has 0 aromatic rings. The van der Waals surface area contributed by atoms with Gasteiger partial charge in [-0.15, -0.1) is 0 Å². The highest BCUT2D eigenvalue weighted by atomic mass is 16.5. The molecular formula is C7H16N2O2. The van der Waals surface area contributed by atoms with Crippen molar-refractivity contribution in [2.24, 2.45) is 10.9 Å². The predicted molar refractivity (Wildman–Crippen MR) is 43.7 cm³/mol. The molecule has 66 valence electrons. The first-order valence-corrected chi connectivity index (χ1v) is 3.52. The molecule has 11 heavy (non-hydrogen) atoms. The van der Waals surface area contributed by atoms with Crippen molar-refractivity contribution in [3.63, 3.8) is 0 Å². The van der Waals surface area contributed by atoms with Crippen LogP contribution in [0.4, 0.5) is 0 Å². The summed E-state index contributed by atoms with van der Waals surface area (Å²) in [5, 5.41) is 11.1. The number of amidine groups is 1. The molecule has 0 spiro atoms. The van der Waals surface area contributed by atoms with Gasteiger partial charge < -0.3 is 15.7 Å². The summed E-state index contributed by atoms with van der Waals surface area (Å²) in [6.45, 7) is 7.47. The summed E-state index contributed by atoms with van der Waals surface area (Å²) < 4.78 is 5.37. The zero-order valence-electron chi connectivity index (χ0n) is 7.46. The summed E-state index contributed by atoms with van der Waals surface area (Å²) in [4.78, 5) is 0. The van der Waals surface area contributed by atoms with E-state index in [1.54, 1.807) is 6.92 Å². The van der Waals surface area contributed by atoms with Crippen LogP contribution in [-0.2, 0) is 4.74 Å². The second-order valence-corrected chi connectivity index (χ2v) is 3.40. The Morgan fingerprint density at radius 2 is 2.00 bits per heavy atom. The molecule has 0 aliphatic carbocycles. The summed E-state index contributed by atoms with van der Waals surface area (Å²) in [5.41, 5.74) is 5.03. The topological polar surface area (TPSA) is 67.8 Å². The van der Waals surface area contributed by atoms with Crippen molar-refractivity contribution in [2.45, 2.75) is 39.4 Å². The summed E-state index contributed by atoms with van der Waals surface area (Å²) >= 11 is 0. The van der Waals surface area contributed by atoms with E-state index in [0.29, 0.717) is 0 Å². The Balaban J connectivity index is 3.98. The molecule has 1 unspecified atom stereocenters. The maximum atomic E-state index is 8.28. The third-order valence-corrected chi connectivity index (χ3v) is 1.06. The van der Waals surface area contributed by atoms with E-state index in [9.17, 15) is 0 Å². The molecule has 0 aliphatic heterocycles. The van der Waals surface area contributed by atoms with Gasteiger partial charge in [-0.2, -0.15) is 0 Å². The Morgan fingerprint density at radius 3 is 2.27 bits per heavy atom. The molecule has 0 saturated carbocycles. The van der Waals surface area contributed by atoms with E-state index in [1.807, 2.05) is 20.8 Å². The monoisotopic (exact) mass is 160 g/mol. The van der Waals surface area contributed by atoms with Crippen molar-refractivity contribution in [1.82, 2.24) is 0 Å². The summed E-state index contributed by atoms with van der Waals surface area (Å²) in [6, 6.07) is 0. The third kappa shape index (κ3) is 4.61. The van der Waals surface area contributed by atoms with E-state index in [2.05, 4.69) is 5.16 Å². The smallest absolute Gasteiger partial charge is 0.168 e. The van der Waals surface area contributed by atoms with Gasteiger partial charge in [0.05, 0.1) is 5.60 Å². The fourth-order valence-electron chi connectivity index (χ4n) is 0.672. The van der Waals surface area contributed by atoms with Crippen LogP contribution in [0.2, 0.25) is 0 Å². The molecule has 0 radical (unpaired) electrons. The lowest BCUT2D eigenvalue weighted by atomic mass is 10.2. The van der Waals surface area contributed by atoms with Gasteiger partial charge in [-0.3, -0.25) is 0 Å². The average molecular weight is 160 g/mol. The molecule has 0 bridgehead atoms. The molecule has 0 aromatic carbocycles. The van der Waals surface area contributed by atoms with Gasteiger partial charge >= 0.3 is 0 Å². The molecule has 0 fully saturated rings. The average Bonchev–Trinajstić information content (AvgIpc) is 1.82. The minimum absolute atomic E-state index is 0.0972. The molecule has 4 heteroatoms. The van der Waals surface area contributed by atoms with Gasteiger partial charge in [0, 0.05) is 0 Å². The minimum atomic E-state index is -0.347. The molecule has 0 amide bonds. The SMILES string of the molecule is CC(OC(C)(C)C)/C(N)=N/O. The molecule has 1 atom stereocenters. The van der Waals surface area contributed by atoms with Crippen molar-refractivity contribution in [3.05, 3.63) is 0 Å². The van der Waals surface area contributed by atoms with Crippen LogP contribution in [-0.4, -0.2) is 22.7 Å². The zero-order chi connectivity index (χ0) is 9.07. The van der Waals surface area contributed by atoms with Crippen molar-refractivity contribution in [3.8, 4) is 0 Å². The van der Waals surface area contributed by atoms with Gasteiger partial charge in [0.15, 0.2) is 5.84 Å². The molecule has 0 heterocycles. The number of rotatable bonds is 2. The number of ether oxygens (including phenoxy) is 1. The number of nitrogens with two attached hydrogens (primary N) is 1. The van der Waals surface area contributed by atoms with Crippen LogP contribution in [0.5, 0.6) is 0 Å². The Hall–Kier alpha value is -0.770. The fourth-order valence-corrected chi connectivity index (χ4v) is 0.672. The van der Waals surface area contributed by atoms with Crippen molar-refractivity contribution < 1.29 is 9.94 Å². The first-order valence-electron chi connectivity index (χ1n) is 3.52. The van der Waals surface area contributed by atoms with E-state index in [0.717, 1.165) is 0 Å². The van der Waals surface area contributed by atoms with Gasteiger partial charge in [-0.25, -0.2) is 0 Å². The van der Waals surface area contributed by atoms with Crippen LogP contribution in [0, 0.1) is 0 Å². The lowest BCUT2D eigenvalue weighted by molar-refractivity contribution is -0.0228. The lowest BCUT2D eigenvalue weighted by Crippen LogP contribution is -2.35. The first-order chi connectivity index (χ1) is 4.87. The van der Waals surface area contributed by atoms with Crippen LogP contribution in [0.25, 0.3) is 0 Å². The van der Waals surface area contributed by atoms with Gasteiger partial charge in [-0.05, 0) is 27.7 Å². The number of oxime groups is 1. The second-order valence-electron chi connectivity index (χ2n) is 3.40. The Bertz CT molecular complexity index is 149. The molecule has 0 rings (SSSR count). The molecule has 4 nitrogen and oxygen atoms in total. The third-order valence-electron chi connectivity index (χ3n) is 1.06. The van der Waals surface area contributed by atoms with Crippen LogP contribution in [0.1, 0.15) is 27.7 Å². The molecule has 0 aromatic heterocycles. The van der Waals surface area contributed by atoms with Crippen molar-refractivity contribution in [1.29, 1.82) is 0 Å². The van der Waals surface area contributed by atoms with E-state index >= 15 is 0 Å². The van der Waals surface area contributed by atoms with E-state index < -0.39 is 0 Å². The fraction of sp³-hybridized carbons (Fsp3) is 0.857. The minimum Gasteiger partial charge on any atom is -0.409 e. The Morgan fingerprint density at radius 1 is 1.55 bits per heavy atom. The number of hydrogen-bond acceptors (Lipinski definition) is 3. The highest BCUT2D eigenvalue weighted by Crippen LogP contribution is 2.10. The zero-order valence-corrected chi connectivity index (χ0v) is 7.46. The maximum Gasteiger partial charge on any atom is 0.168 e. The van der Waals surface area contributed by atoms with Crippen LogP contribution >= 0.6 is 0 Å². The highest BCUT2D eigenvalue weighted by Gasteiger charge is 2.17. The predicted octanol–water partition coefficient (Wildman–Crippen LogP) is 0.936. The van der Waals surface area contributed by atoms with Gasteiger partial charge in [0.2, 0.25) is 0 Å². The Labute approximate surface area is 67.0 Å². The summed E-state index contributed by atoms with van der Waals surface area (Å²) in [6.07, 6.45) is -0.347. The van der Waals surface area contributed by atoms with Crippen LogP contribution in [0.3, 0.4) is 0 Å². The molecule has 0 aliphatic rings. The van der Waals surface area contributed by atoms with E-state index in [4.69, 9.17) is 15.7 Å². The number of hydrogen-bond donors (Lipinski definition) is 2. The van der Waals surface area contributed by atoms with Crippen LogP contribution in [0.15, 0.2) is 5.16 Å². The molecule has 3 N–H and O–H groups in total. The van der Waals surface area contributed by atoms with Crippen molar-refractivity contribution >= 4 is 5.84 Å². The van der Waals surface area contributed by atoms with Gasteiger partial charge in [0.1, 0.15) is 6.10 Å². The van der Waals surface area contributed by atoms with E-state index in [-0.39, 0.29) is 17.5 Å². The quantitative estimate of drug-likeness (QED) is 0.273. The van der Waals surface area contributed by atoms with Gasteiger partial charge in [0.25, 0.3) is 0 Å². The molecule has 0 saturated heterocycles. The molecular weight excluding hydrogens is 144 g/mol. The lowest BCUT2D eigenvalue weighted by Gasteiger charge is -2.23. The first kappa shape index (κ1) is 10.2. The van der Waals surface area contributed by atoms with Crippen molar-refractivity contribution in [2.75, 3.05) is 0 Å². The number of nitrogens with zero attached hydrogens (tertiary/aromatic N) is 1. The second kappa shape index (κ2) is 3.57. The Kier molecular flexibility index (Phi) is 3.32. The normalized spacial score (nSPS) is 16.5. The standard InChI is InChI=1S/C7H16N2O2/c1-5(6(8)9-10)11-7(2,3)4/h5,10H,1-4H3,(H2,8,9). The maximum absolute atomic E-state index is 8.28. The largest absolute Gasteiger partial charge is 0.409 e. The van der Waals surface area contributed by atoms with Crippen LogP contribution < -0.4 is 5.73 Å².